The lowest BCUT2D eigenvalue weighted by Crippen LogP contribution is -2.53. The number of hydrogen-bond acceptors (Lipinski definition) is 3. The molecule has 1 saturated carbocycles. The Morgan fingerprint density at radius 2 is 2.19 bits per heavy atom. The maximum Gasteiger partial charge on any atom is 0.329 e. The van der Waals surface area contributed by atoms with E-state index >= 15 is 0 Å². The minimum Gasteiger partial charge on any atom is -0.480 e. The topological polar surface area (TPSA) is 90.2 Å². The van der Waals surface area contributed by atoms with Crippen molar-refractivity contribution in [3.05, 3.63) is 41.5 Å². The molecule has 0 aliphatic heterocycles. The quantitative estimate of drug-likeness (QED) is 0.808. The Morgan fingerprint density at radius 3 is 2.76 bits per heavy atom. The summed E-state index contributed by atoms with van der Waals surface area (Å²) >= 11 is 0. The summed E-state index contributed by atoms with van der Waals surface area (Å²) in [4.78, 5) is 23.2. The summed E-state index contributed by atoms with van der Waals surface area (Å²) in [6, 6.07) is 8.84. The van der Waals surface area contributed by atoms with Gasteiger partial charge in [0.1, 0.15) is 5.54 Å². The molecule has 1 unspecified atom stereocenters. The first-order chi connectivity index (χ1) is 9.95. The van der Waals surface area contributed by atoms with Gasteiger partial charge in [-0.2, -0.15) is 5.26 Å². The van der Waals surface area contributed by atoms with Gasteiger partial charge in [0.25, 0.3) is 0 Å². The van der Waals surface area contributed by atoms with Crippen LogP contribution in [0.3, 0.4) is 0 Å². The molecule has 0 saturated heterocycles. The first-order valence-corrected chi connectivity index (χ1v) is 6.69. The summed E-state index contributed by atoms with van der Waals surface area (Å²) in [5.74, 6) is -1.47. The zero-order valence-electron chi connectivity index (χ0n) is 11.7. The Labute approximate surface area is 122 Å². The average Bonchev–Trinajstić information content (AvgIpc) is 3.30. The van der Waals surface area contributed by atoms with Crippen LogP contribution in [0, 0.1) is 17.2 Å². The van der Waals surface area contributed by atoms with E-state index < -0.39 is 17.4 Å². The molecule has 5 nitrogen and oxygen atoms in total. The summed E-state index contributed by atoms with van der Waals surface area (Å²) in [6.45, 7) is 1.54. The van der Waals surface area contributed by atoms with Crippen LogP contribution in [0.4, 0.5) is 0 Å². The van der Waals surface area contributed by atoms with Crippen LogP contribution in [0.5, 0.6) is 0 Å². The first-order valence-electron chi connectivity index (χ1n) is 6.69. The number of carbonyl (C=O) groups excluding carboxylic acids is 1. The molecule has 0 spiro atoms. The number of carbonyl (C=O) groups is 2. The van der Waals surface area contributed by atoms with Gasteiger partial charge in [-0.15, -0.1) is 0 Å². The number of amides is 1. The molecule has 21 heavy (non-hydrogen) atoms. The van der Waals surface area contributed by atoms with Crippen LogP contribution in [0.2, 0.25) is 0 Å². The zero-order valence-corrected chi connectivity index (χ0v) is 11.7. The van der Waals surface area contributed by atoms with Gasteiger partial charge in [0.05, 0.1) is 11.6 Å². The highest BCUT2D eigenvalue weighted by Gasteiger charge is 2.48. The van der Waals surface area contributed by atoms with E-state index in [1.807, 2.05) is 6.07 Å². The number of nitrogens with zero attached hydrogens (tertiary/aromatic N) is 1. The smallest absolute Gasteiger partial charge is 0.329 e. The number of nitriles is 1. The van der Waals surface area contributed by atoms with Crippen LogP contribution in [0.15, 0.2) is 30.3 Å². The molecule has 0 radical (unpaired) electrons. The van der Waals surface area contributed by atoms with Crippen LogP contribution in [-0.2, 0) is 9.59 Å². The van der Waals surface area contributed by atoms with Gasteiger partial charge in [-0.3, -0.25) is 4.79 Å². The number of benzene rings is 1. The van der Waals surface area contributed by atoms with Crippen molar-refractivity contribution in [3.63, 3.8) is 0 Å². The van der Waals surface area contributed by atoms with Crippen molar-refractivity contribution in [2.45, 2.75) is 25.3 Å². The predicted octanol–water partition coefficient (Wildman–Crippen LogP) is 1.94. The van der Waals surface area contributed by atoms with Gasteiger partial charge >= 0.3 is 5.97 Å². The van der Waals surface area contributed by atoms with Crippen molar-refractivity contribution in [2.24, 2.45) is 5.92 Å². The third-order valence-corrected chi connectivity index (χ3v) is 3.66. The Kier molecular flexibility index (Phi) is 4.08. The molecule has 1 fully saturated rings. The maximum absolute atomic E-state index is 11.9. The molecule has 1 amide bonds. The summed E-state index contributed by atoms with van der Waals surface area (Å²) in [6.07, 6.45) is 4.49. The maximum atomic E-state index is 11.9. The van der Waals surface area contributed by atoms with E-state index in [4.69, 9.17) is 5.26 Å². The molecule has 0 aromatic heterocycles. The van der Waals surface area contributed by atoms with Crippen molar-refractivity contribution in [3.8, 4) is 6.07 Å². The number of hydrogen-bond donors (Lipinski definition) is 2. The molecule has 1 aromatic carbocycles. The van der Waals surface area contributed by atoms with Gasteiger partial charge in [0, 0.05) is 6.08 Å². The highest BCUT2D eigenvalue weighted by Crippen LogP contribution is 2.39. The zero-order chi connectivity index (χ0) is 15.5. The van der Waals surface area contributed by atoms with Gasteiger partial charge in [-0.05, 0) is 49.5 Å². The lowest BCUT2D eigenvalue weighted by Gasteiger charge is -2.25. The SMILES string of the molecule is CC(NC(=O)/C=C/c1cccc(C#N)c1)(C(=O)O)C1CC1. The van der Waals surface area contributed by atoms with Crippen LogP contribution in [0.25, 0.3) is 6.08 Å². The van der Waals surface area contributed by atoms with Gasteiger partial charge in [-0.25, -0.2) is 4.79 Å². The molecule has 1 aromatic rings. The second-order valence-electron chi connectivity index (χ2n) is 5.34. The number of carboxylic acids is 1. The Morgan fingerprint density at radius 1 is 1.48 bits per heavy atom. The van der Waals surface area contributed by atoms with Crippen molar-refractivity contribution in [1.29, 1.82) is 5.26 Å². The summed E-state index contributed by atoms with van der Waals surface area (Å²) in [5.41, 5.74) is 0.00852. The molecule has 1 aliphatic rings. The first kappa shape index (κ1) is 14.8. The predicted molar refractivity (Wildman–Crippen MR) is 77.1 cm³/mol. The van der Waals surface area contributed by atoms with Crippen molar-refractivity contribution < 1.29 is 14.7 Å². The van der Waals surface area contributed by atoms with E-state index in [0.717, 1.165) is 12.8 Å². The lowest BCUT2D eigenvalue weighted by atomic mass is 9.96. The Hall–Kier alpha value is -2.61. The number of nitrogens with one attached hydrogen (secondary N) is 1. The fourth-order valence-electron chi connectivity index (χ4n) is 2.17. The number of rotatable bonds is 5. The van der Waals surface area contributed by atoms with E-state index in [9.17, 15) is 14.7 Å². The largest absolute Gasteiger partial charge is 0.480 e. The molecule has 0 bridgehead atoms. The van der Waals surface area contributed by atoms with Crippen LogP contribution < -0.4 is 5.32 Å². The van der Waals surface area contributed by atoms with E-state index in [1.165, 1.54) is 13.0 Å². The van der Waals surface area contributed by atoms with E-state index in [1.54, 1.807) is 30.3 Å². The molecule has 2 N–H and O–H groups in total. The van der Waals surface area contributed by atoms with E-state index in [-0.39, 0.29) is 5.92 Å². The molecule has 1 atom stereocenters. The van der Waals surface area contributed by atoms with Crippen LogP contribution >= 0.6 is 0 Å². The highest BCUT2D eigenvalue weighted by molar-refractivity contribution is 5.96. The van der Waals surface area contributed by atoms with Crippen molar-refractivity contribution >= 4 is 18.0 Å². The van der Waals surface area contributed by atoms with Gasteiger partial charge < -0.3 is 10.4 Å². The molecule has 2 rings (SSSR count). The molecule has 5 heteroatoms. The monoisotopic (exact) mass is 284 g/mol. The fraction of sp³-hybridized carbons (Fsp3) is 0.312. The van der Waals surface area contributed by atoms with Crippen molar-refractivity contribution in [1.82, 2.24) is 5.32 Å². The van der Waals surface area contributed by atoms with E-state index in [2.05, 4.69) is 5.32 Å². The second kappa shape index (κ2) is 5.80. The highest BCUT2D eigenvalue weighted by atomic mass is 16.4. The molecule has 108 valence electrons. The lowest BCUT2D eigenvalue weighted by molar-refractivity contribution is -0.147. The van der Waals surface area contributed by atoms with Gasteiger partial charge in [0.2, 0.25) is 5.91 Å². The second-order valence-corrected chi connectivity index (χ2v) is 5.34. The number of aliphatic carboxylic acids is 1. The Balaban J connectivity index is 2.05. The average molecular weight is 284 g/mol. The third kappa shape index (κ3) is 3.48. The minimum absolute atomic E-state index is 0.00531. The fourth-order valence-corrected chi connectivity index (χ4v) is 2.17. The molecule has 0 heterocycles. The summed E-state index contributed by atoms with van der Waals surface area (Å²) in [5, 5.41) is 20.6. The van der Waals surface area contributed by atoms with Gasteiger partial charge in [0.15, 0.2) is 0 Å². The standard InChI is InChI=1S/C16H16N2O3/c1-16(15(20)21,13-6-7-13)18-14(19)8-5-11-3-2-4-12(9-11)10-17/h2-5,8-9,13H,6-7H2,1H3,(H,18,19)(H,20,21)/b8-5+. The van der Waals surface area contributed by atoms with E-state index in [0.29, 0.717) is 11.1 Å². The van der Waals surface area contributed by atoms with Gasteiger partial charge in [-0.1, -0.05) is 12.1 Å². The van der Waals surface area contributed by atoms with Crippen LogP contribution in [-0.4, -0.2) is 22.5 Å². The molecular formula is C16H16N2O3. The van der Waals surface area contributed by atoms with Crippen molar-refractivity contribution in [2.75, 3.05) is 0 Å². The summed E-state index contributed by atoms with van der Waals surface area (Å²) in [7, 11) is 0. The molecule has 1 aliphatic carbocycles. The third-order valence-electron chi connectivity index (χ3n) is 3.66. The minimum atomic E-state index is -1.21. The number of carboxylic acid groups (broad SMARTS) is 1. The Bertz CT molecular complexity index is 641. The molecular weight excluding hydrogens is 268 g/mol. The normalized spacial score (nSPS) is 17.0. The summed E-state index contributed by atoms with van der Waals surface area (Å²) < 4.78 is 0. The van der Waals surface area contributed by atoms with Crippen LogP contribution in [0.1, 0.15) is 30.9 Å².